The molecule has 160 valence electrons. The van der Waals surface area contributed by atoms with Gasteiger partial charge in [0.05, 0.1) is 42.5 Å². The lowest BCUT2D eigenvalue weighted by Gasteiger charge is -2.17. The summed E-state index contributed by atoms with van der Waals surface area (Å²) in [6, 6.07) is 15.4. The van der Waals surface area contributed by atoms with E-state index < -0.39 is 0 Å². The van der Waals surface area contributed by atoms with Gasteiger partial charge in [-0.2, -0.15) is 5.26 Å². The van der Waals surface area contributed by atoms with Crippen LogP contribution in [0.15, 0.2) is 55.0 Å². The summed E-state index contributed by atoms with van der Waals surface area (Å²) in [4.78, 5) is 8.88. The fraction of sp³-hybridized carbons (Fsp3) is 0.208. The Morgan fingerprint density at radius 3 is 2.59 bits per heavy atom. The van der Waals surface area contributed by atoms with Crippen molar-refractivity contribution in [3.63, 3.8) is 0 Å². The summed E-state index contributed by atoms with van der Waals surface area (Å²) < 4.78 is 7.37. The highest BCUT2D eigenvalue weighted by Crippen LogP contribution is 2.27. The van der Waals surface area contributed by atoms with Crippen LogP contribution in [0.1, 0.15) is 35.3 Å². The molecule has 0 spiro atoms. The van der Waals surface area contributed by atoms with Crippen LogP contribution >= 0.6 is 0 Å². The minimum Gasteiger partial charge on any atom is -0.479 e. The highest BCUT2D eigenvalue weighted by molar-refractivity contribution is 5.61. The van der Waals surface area contributed by atoms with Crippen molar-refractivity contribution in [2.75, 3.05) is 12.4 Å². The topological polar surface area (TPSA) is 102 Å². The first-order valence-electron chi connectivity index (χ1n) is 10.2. The molecule has 4 rings (SSSR count). The number of aromatic nitrogens is 5. The Morgan fingerprint density at radius 1 is 1.09 bits per heavy atom. The number of nitrogens with zero attached hydrogens (tertiary/aromatic N) is 6. The third-order valence-corrected chi connectivity index (χ3v) is 5.17. The van der Waals surface area contributed by atoms with Crippen molar-refractivity contribution < 1.29 is 4.74 Å². The van der Waals surface area contributed by atoms with Crippen molar-refractivity contribution in [2.24, 2.45) is 0 Å². The molecule has 8 heteroatoms. The molecule has 0 saturated carbocycles. The van der Waals surface area contributed by atoms with Crippen molar-refractivity contribution in [2.45, 2.75) is 26.8 Å². The molecule has 1 N–H and O–H groups in total. The number of nitriles is 1. The fourth-order valence-electron chi connectivity index (χ4n) is 3.49. The highest BCUT2D eigenvalue weighted by atomic mass is 16.5. The zero-order valence-corrected chi connectivity index (χ0v) is 18.4. The smallest absolute Gasteiger partial charge is 0.238 e. The molecular weight excluding hydrogens is 402 g/mol. The number of ether oxygens (including phenoxy) is 1. The van der Waals surface area contributed by atoms with Gasteiger partial charge in [0.25, 0.3) is 0 Å². The first-order valence-corrected chi connectivity index (χ1v) is 10.2. The van der Waals surface area contributed by atoms with Crippen LogP contribution in [0.3, 0.4) is 0 Å². The molecule has 0 aliphatic heterocycles. The Balaban J connectivity index is 1.60. The SMILES string of the molecule is COc1nc(-c2cc(C)c(N[C@@H](C)c3ccccc3C#N)nn2)ccc1-n1cnc(C)c1. The van der Waals surface area contributed by atoms with Gasteiger partial charge in [0.15, 0.2) is 5.82 Å². The minimum absolute atomic E-state index is 0.0964. The molecular formula is C24H23N7O. The Morgan fingerprint density at radius 2 is 1.91 bits per heavy atom. The van der Waals surface area contributed by atoms with Gasteiger partial charge in [-0.05, 0) is 56.2 Å². The first kappa shape index (κ1) is 21.0. The molecule has 32 heavy (non-hydrogen) atoms. The molecule has 1 aromatic carbocycles. The first-order chi connectivity index (χ1) is 15.5. The largest absolute Gasteiger partial charge is 0.479 e. The van der Waals surface area contributed by atoms with E-state index in [4.69, 9.17) is 4.74 Å². The molecule has 0 fully saturated rings. The number of imidazole rings is 1. The van der Waals surface area contributed by atoms with E-state index in [-0.39, 0.29) is 6.04 Å². The van der Waals surface area contributed by atoms with E-state index in [0.29, 0.717) is 28.6 Å². The van der Waals surface area contributed by atoms with Crippen LogP contribution in [-0.4, -0.2) is 31.8 Å². The lowest BCUT2D eigenvalue weighted by molar-refractivity contribution is 0.396. The lowest BCUT2D eigenvalue weighted by atomic mass is 10.0. The van der Waals surface area contributed by atoms with Crippen molar-refractivity contribution >= 4 is 5.82 Å². The zero-order chi connectivity index (χ0) is 22.7. The number of hydrogen-bond donors (Lipinski definition) is 1. The monoisotopic (exact) mass is 425 g/mol. The molecule has 1 atom stereocenters. The highest BCUT2D eigenvalue weighted by Gasteiger charge is 2.15. The molecule has 0 bridgehead atoms. The number of methoxy groups -OCH3 is 1. The maximum atomic E-state index is 9.36. The Bertz CT molecular complexity index is 1310. The quantitative estimate of drug-likeness (QED) is 0.489. The number of nitrogens with one attached hydrogen (secondary N) is 1. The van der Waals surface area contributed by atoms with Gasteiger partial charge in [0.2, 0.25) is 5.88 Å². The fourth-order valence-corrected chi connectivity index (χ4v) is 3.49. The second-order valence-corrected chi connectivity index (χ2v) is 7.47. The minimum atomic E-state index is -0.0964. The summed E-state index contributed by atoms with van der Waals surface area (Å²) in [5.74, 6) is 1.13. The maximum Gasteiger partial charge on any atom is 0.238 e. The number of rotatable bonds is 6. The number of pyridine rings is 1. The third-order valence-electron chi connectivity index (χ3n) is 5.17. The van der Waals surface area contributed by atoms with Crippen LogP contribution in [0.4, 0.5) is 5.82 Å². The van der Waals surface area contributed by atoms with Gasteiger partial charge in [-0.3, -0.25) is 0 Å². The third kappa shape index (κ3) is 4.14. The zero-order valence-electron chi connectivity index (χ0n) is 18.4. The molecule has 0 amide bonds. The molecule has 0 aliphatic rings. The normalized spacial score (nSPS) is 11.6. The van der Waals surface area contributed by atoms with E-state index in [1.807, 2.05) is 74.0 Å². The summed E-state index contributed by atoms with van der Waals surface area (Å²) in [7, 11) is 1.59. The predicted molar refractivity (Wildman–Crippen MR) is 122 cm³/mol. The lowest BCUT2D eigenvalue weighted by Crippen LogP contribution is -2.11. The van der Waals surface area contributed by atoms with E-state index in [1.165, 1.54) is 0 Å². The van der Waals surface area contributed by atoms with Crippen LogP contribution in [0.2, 0.25) is 0 Å². The number of hydrogen-bond acceptors (Lipinski definition) is 7. The van der Waals surface area contributed by atoms with Gasteiger partial charge in [0, 0.05) is 6.20 Å². The summed E-state index contributed by atoms with van der Waals surface area (Å²) in [6.45, 7) is 5.88. The van der Waals surface area contributed by atoms with Gasteiger partial charge < -0.3 is 14.6 Å². The summed E-state index contributed by atoms with van der Waals surface area (Å²) in [5.41, 5.74) is 5.48. The average molecular weight is 425 g/mol. The standard InChI is InChI=1S/C24H23N7O/c1-15-11-21(20-9-10-22(24(28-20)32-4)31-13-16(2)26-14-31)29-30-23(15)27-17(3)19-8-6-5-7-18(19)12-25/h5-11,13-14,17H,1-4H3,(H,27,30)/t17-/m0/s1. The van der Waals surface area contributed by atoms with E-state index in [9.17, 15) is 5.26 Å². The molecule has 0 aliphatic carbocycles. The van der Waals surface area contributed by atoms with Crippen LogP contribution in [0.25, 0.3) is 17.1 Å². The van der Waals surface area contributed by atoms with Crippen molar-refractivity contribution in [1.29, 1.82) is 5.26 Å². The van der Waals surface area contributed by atoms with Gasteiger partial charge in [-0.15, -0.1) is 10.2 Å². The summed E-state index contributed by atoms with van der Waals surface area (Å²) in [6.07, 6.45) is 3.64. The van der Waals surface area contributed by atoms with Crippen LogP contribution < -0.4 is 10.1 Å². The summed E-state index contributed by atoms with van der Waals surface area (Å²) in [5, 5.41) is 21.5. The van der Waals surface area contributed by atoms with Crippen LogP contribution in [0.5, 0.6) is 5.88 Å². The summed E-state index contributed by atoms with van der Waals surface area (Å²) >= 11 is 0. The average Bonchev–Trinajstić information content (AvgIpc) is 3.25. The number of anilines is 1. The van der Waals surface area contributed by atoms with Gasteiger partial charge >= 0.3 is 0 Å². The Kier molecular flexibility index (Phi) is 5.81. The molecule has 0 saturated heterocycles. The number of aryl methyl sites for hydroxylation is 2. The van der Waals surface area contributed by atoms with Crippen molar-refractivity contribution in [3.8, 4) is 29.0 Å². The predicted octanol–water partition coefficient (Wildman–Crippen LogP) is 4.39. The second-order valence-electron chi connectivity index (χ2n) is 7.47. The van der Waals surface area contributed by atoms with E-state index in [1.54, 1.807) is 13.4 Å². The molecule has 3 aromatic heterocycles. The van der Waals surface area contributed by atoms with Crippen LogP contribution in [-0.2, 0) is 0 Å². The van der Waals surface area contributed by atoms with Crippen molar-refractivity contribution in [3.05, 3.63) is 77.4 Å². The molecule has 4 aromatic rings. The van der Waals surface area contributed by atoms with Gasteiger partial charge in [-0.1, -0.05) is 18.2 Å². The molecule has 0 radical (unpaired) electrons. The van der Waals surface area contributed by atoms with Crippen LogP contribution in [0, 0.1) is 25.2 Å². The van der Waals surface area contributed by atoms with Gasteiger partial charge in [0.1, 0.15) is 11.4 Å². The molecule has 0 unspecified atom stereocenters. The molecule has 3 heterocycles. The van der Waals surface area contributed by atoms with E-state index >= 15 is 0 Å². The Hall–Kier alpha value is -4.25. The van der Waals surface area contributed by atoms with Crippen molar-refractivity contribution in [1.82, 2.24) is 24.7 Å². The Labute approximate surface area is 186 Å². The van der Waals surface area contributed by atoms with E-state index in [2.05, 4.69) is 31.6 Å². The van der Waals surface area contributed by atoms with Gasteiger partial charge in [-0.25, -0.2) is 9.97 Å². The maximum absolute atomic E-state index is 9.36. The molecule has 8 nitrogen and oxygen atoms in total. The van der Waals surface area contributed by atoms with E-state index in [0.717, 1.165) is 22.5 Å². The second kappa shape index (κ2) is 8.86. The number of benzene rings is 1.